The molecule has 0 heterocycles. The minimum Gasteiger partial charge on any atom is -0.463 e. The molecule has 0 radical (unpaired) electrons. The molecule has 28 heavy (non-hydrogen) atoms. The molecule has 0 aromatic rings. The minimum absolute atomic E-state index is 0.134. The number of esters is 1. The Labute approximate surface area is 184 Å². The third-order valence-electron chi connectivity index (χ3n) is 3.68. The zero-order valence-corrected chi connectivity index (χ0v) is 19.6. The number of unbranched alkanes of at least 4 members (excludes halogenated alkanes) is 4. The van der Waals surface area contributed by atoms with Crippen molar-refractivity contribution in [2.24, 2.45) is 0 Å². The van der Waals surface area contributed by atoms with Crippen molar-refractivity contribution in [1.29, 1.82) is 0 Å². The molecular weight excluding hydrogens is 479 g/mol. The molecule has 0 N–H and O–H groups in total. The predicted molar refractivity (Wildman–Crippen MR) is 117 cm³/mol. The van der Waals surface area contributed by atoms with Crippen LogP contribution in [0.3, 0.4) is 0 Å². The second-order valence-corrected chi connectivity index (χ2v) is 7.21. The van der Waals surface area contributed by atoms with Crippen molar-refractivity contribution in [2.75, 3.05) is 77.1 Å². The summed E-state index contributed by atoms with van der Waals surface area (Å²) in [7, 11) is 0. The van der Waals surface area contributed by atoms with Crippen LogP contribution in [0.5, 0.6) is 0 Å². The highest BCUT2D eigenvalue weighted by molar-refractivity contribution is 14.1. The Hall–Kier alpha value is -0.000000000000000222. The van der Waals surface area contributed by atoms with Gasteiger partial charge in [0.15, 0.2) is 0 Å². The molecule has 0 aromatic heterocycles. The van der Waals surface area contributed by atoms with Gasteiger partial charge in [0.2, 0.25) is 0 Å². The van der Waals surface area contributed by atoms with Crippen LogP contribution < -0.4 is 0 Å². The first-order chi connectivity index (χ1) is 13.8. The summed E-state index contributed by atoms with van der Waals surface area (Å²) in [5.74, 6) is -0.134. The summed E-state index contributed by atoms with van der Waals surface area (Å²) >= 11 is 2.27. The monoisotopic (exact) mass is 518 g/mol. The SMILES string of the molecule is CCCCCCCC(=O)OCCOCCOCCOCCOCCOCCI. The van der Waals surface area contributed by atoms with Gasteiger partial charge in [-0.05, 0) is 6.42 Å². The fourth-order valence-corrected chi connectivity index (χ4v) is 2.51. The second-order valence-electron chi connectivity index (χ2n) is 6.14. The van der Waals surface area contributed by atoms with E-state index in [0.717, 1.165) is 23.9 Å². The Kier molecular flexibility index (Phi) is 25.0. The molecule has 0 aromatic carbocycles. The molecule has 0 saturated heterocycles. The maximum atomic E-state index is 11.5. The van der Waals surface area contributed by atoms with Crippen molar-refractivity contribution < 1.29 is 33.2 Å². The summed E-state index contributed by atoms with van der Waals surface area (Å²) in [6.07, 6.45) is 6.16. The molecule has 7 nitrogen and oxygen atoms in total. The van der Waals surface area contributed by atoms with E-state index < -0.39 is 0 Å². The van der Waals surface area contributed by atoms with Crippen molar-refractivity contribution >= 4 is 28.6 Å². The Morgan fingerprint density at radius 2 is 1.04 bits per heavy atom. The quantitative estimate of drug-likeness (QED) is 0.0889. The average molecular weight is 518 g/mol. The van der Waals surface area contributed by atoms with Crippen LogP contribution in [0.2, 0.25) is 0 Å². The van der Waals surface area contributed by atoms with Gasteiger partial charge in [0, 0.05) is 10.8 Å². The molecule has 0 aliphatic carbocycles. The summed E-state index contributed by atoms with van der Waals surface area (Å²) < 4.78 is 33.0. The second kappa shape index (κ2) is 25.0. The van der Waals surface area contributed by atoms with Crippen LogP contribution in [-0.4, -0.2) is 83.1 Å². The summed E-state index contributed by atoms with van der Waals surface area (Å²) in [5.41, 5.74) is 0. The fraction of sp³-hybridized carbons (Fsp3) is 0.950. The van der Waals surface area contributed by atoms with E-state index in [1.54, 1.807) is 0 Å². The minimum atomic E-state index is -0.134. The molecule has 0 fully saturated rings. The molecular formula is C20H39IO7. The van der Waals surface area contributed by atoms with E-state index in [9.17, 15) is 4.79 Å². The van der Waals surface area contributed by atoms with E-state index in [2.05, 4.69) is 29.5 Å². The topological polar surface area (TPSA) is 72.5 Å². The standard InChI is InChI=1S/C20H39IO7/c1-2-3-4-5-6-7-20(22)28-19-18-27-17-16-26-15-14-25-13-12-24-11-10-23-9-8-21/h2-19H2,1H3. The largest absolute Gasteiger partial charge is 0.463 e. The molecule has 0 saturated carbocycles. The molecule has 0 unspecified atom stereocenters. The number of carbonyl (C=O) groups excluding carboxylic acids is 1. The lowest BCUT2D eigenvalue weighted by Gasteiger charge is -2.08. The normalized spacial score (nSPS) is 11.1. The smallest absolute Gasteiger partial charge is 0.305 e. The van der Waals surface area contributed by atoms with Gasteiger partial charge in [0.1, 0.15) is 6.61 Å². The van der Waals surface area contributed by atoms with Crippen molar-refractivity contribution in [3.05, 3.63) is 0 Å². The highest BCUT2D eigenvalue weighted by atomic mass is 127. The highest BCUT2D eigenvalue weighted by Crippen LogP contribution is 2.05. The van der Waals surface area contributed by atoms with Gasteiger partial charge in [-0.15, -0.1) is 0 Å². The van der Waals surface area contributed by atoms with Crippen LogP contribution in [0.15, 0.2) is 0 Å². The number of hydrogen-bond donors (Lipinski definition) is 0. The number of halogens is 1. The molecule has 0 rings (SSSR count). The number of hydrogen-bond acceptors (Lipinski definition) is 7. The van der Waals surface area contributed by atoms with Gasteiger partial charge in [-0.2, -0.15) is 0 Å². The maximum absolute atomic E-state index is 11.5. The predicted octanol–water partition coefficient (Wildman–Crippen LogP) is 3.41. The van der Waals surface area contributed by atoms with Crippen LogP contribution in [0.4, 0.5) is 0 Å². The van der Waals surface area contributed by atoms with Gasteiger partial charge in [0.05, 0.1) is 66.1 Å². The van der Waals surface area contributed by atoms with E-state index in [1.165, 1.54) is 19.3 Å². The zero-order valence-electron chi connectivity index (χ0n) is 17.5. The molecule has 0 aliphatic heterocycles. The van der Waals surface area contributed by atoms with E-state index >= 15 is 0 Å². The van der Waals surface area contributed by atoms with Crippen molar-refractivity contribution in [3.63, 3.8) is 0 Å². The molecule has 8 heteroatoms. The molecule has 0 amide bonds. The van der Waals surface area contributed by atoms with E-state index in [-0.39, 0.29) is 5.97 Å². The van der Waals surface area contributed by atoms with Gasteiger partial charge in [0.25, 0.3) is 0 Å². The number of alkyl halides is 1. The van der Waals surface area contributed by atoms with E-state index in [4.69, 9.17) is 28.4 Å². The summed E-state index contributed by atoms with van der Waals surface area (Å²) in [4.78, 5) is 11.5. The molecule has 0 aliphatic rings. The maximum Gasteiger partial charge on any atom is 0.305 e. The molecule has 0 bridgehead atoms. The Morgan fingerprint density at radius 1 is 0.607 bits per heavy atom. The van der Waals surface area contributed by atoms with Crippen molar-refractivity contribution in [3.8, 4) is 0 Å². The Balaban J connectivity index is 3.09. The van der Waals surface area contributed by atoms with Gasteiger partial charge < -0.3 is 28.4 Å². The van der Waals surface area contributed by atoms with Crippen molar-refractivity contribution in [1.82, 2.24) is 0 Å². The van der Waals surface area contributed by atoms with Gasteiger partial charge in [-0.1, -0.05) is 55.2 Å². The van der Waals surface area contributed by atoms with Crippen LogP contribution >= 0.6 is 22.6 Å². The molecule has 0 spiro atoms. The van der Waals surface area contributed by atoms with E-state index in [0.29, 0.717) is 72.5 Å². The van der Waals surface area contributed by atoms with Crippen molar-refractivity contribution in [2.45, 2.75) is 45.4 Å². The first-order valence-corrected chi connectivity index (χ1v) is 11.9. The summed E-state index contributed by atoms with van der Waals surface area (Å²) in [6, 6.07) is 0. The third kappa shape index (κ3) is 24.0. The van der Waals surface area contributed by atoms with Crippen LogP contribution in [0.1, 0.15) is 45.4 Å². The van der Waals surface area contributed by atoms with Gasteiger partial charge in [-0.25, -0.2) is 0 Å². The lowest BCUT2D eigenvalue weighted by atomic mass is 10.1. The van der Waals surface area contributed by atoms with Crippen LogP contribution in [0.25, 0.3) is 0 Å². The number of carbonyl (C=O) groups is 1. The average Bonchev–Trinajstić information content (AvgIpc) is 2.70. The zero-order chi connectivity index (χ0) is 20.5. The summed E-state index contributed by atoms with van der Waals surface area (Å²) in [5, 5.41) is 0. The molecule has 168 valence electrons. The number of rotatable bonds is 23. The molecule has 0 atom stereocenters. The first-order valence-electron chi connectivity index (χ1n) is 10.4. The Bertz CT molecular complexity index is 319. The Morgan fingerprint density at radius 3 is 1.50 bits per heavy atom. The van der Waals surface area contributed by atoms with Crippen LogP contribution in [0, 0.1) is 0 Å². The lowest BCUT2D eigenvalue weighted by Crippen LogP contribution is -2.15. The summed E-state index contributed by atoms with van der Waals surface area (Å²) in [6.45, 7) is 8.04. The highest BCUT2D eigenvalue weighted by Gasteiger charge is 2.02. The lowest BCUT2D eigenvalue weighted by molar-refractivity contribution is -0.145. The fourth-order valence-electron chi connectivity index (χ4n) is 2.20. The van der Waals surface area contributed by atoms with Gasteiger partial charge in [-0.3, -0.25) is 4.79 Å². The first kappa shape index (κ1) is 28.0. The van der Waals surface area contributed by atoms with Gasteiger partial charge >= 0.3 is 5.97 Å². The number of ether oxygens (including phenoxy) is 6. The van der Waals surface area contributed by atoms with E-state index in [1.807, 2.05) is 0 Å². The third-order valence-corrected chi connectivity index (χ3v) is 4.13. The van der Waals surface area contributed by atoms with Crippen LogP contribution in [-0.2, 0) is 33.2 Å².